The fourth-order valence-corrected chi connectivity index (χ4v) is 5.21. The van der Waals surface area contributed by atoms with Crippen molar-refractivity contribution in [1.29, 1.82) is 5.26 Å². The van der Waals surface area contributed by atoms with Crippen LogP contribution in [0, 0.1) is 11.3 Å². The molecule has 4 rings (SSSR count). The molecule has 3 aromatic heterocycles. The molecule has 4 heterocycles. The van der Waals surface area contributed by atoms with E-state index in [0.29, 0.717) is 42.9 Å². The number of fused-ring (bicyclic) bond motifs is 1. The Kier molecular flexibility index (Phi) is 6.50. The number of carbonyl (C=O) groups is 2. The van der Waals surface area contributed by atoms with E-state index in [1.54, 1.807) is 42.1 Å². The largest absolute Gasteiger partial charge is 0.337 e. The van der Waals surface area contributed by atoms with Crippen LogP contribution in [-0.4, -0.2) is 33.2 Å². The summed E-state index contributed by atoms with van der Waals surface area (Å²) in [5.41, 5.74) is 2.25. The summed E-state index contributed by atoms with van der Waals surface area (Å²) >= 11 is 2.92. The zero-order valence-corrected chi connectivity index (χ0v) is 18.2. The zero-order chi connectivity index (χ0) is 21.6. The number of nitriles is 1. The lowest BCUT2D eigenvalue weighted by molar-refractivity contribution is -0.132. The maximum Gasteiger partial charge on any atom is 0.249 e. The number of hydrogen-bond donors (Lipinski definition) is 1. The Morgan fingerprint density at radius 1 is 1.35 bits per heavy atom. The molecule has 0 unspecified atom stereocenters. The van der Waals surface area contributed by atoms with Crippen molar-refractivity contribution in [3.8, 4) is 6.07 Å². The smallest absolute Gasteiger partial charge is 0.249 e. The Morgan fingerprint density at radius 3 is 3.00 bits per heavy atom. The van der Waals surface area contributed by atoms with Crippen molar-refractivity contribution in [2.45, 2.75) is 25.8 Å². The van der Waals surface area contributed by atoms with E-state index in [1.165, 1.54) is 17.4 Å². The third-order valence-corrected chi connectivity index (χ3v) is 6.88. The molecule has 156 valence electrons. The highest BCUT2D eigenvalue weighted by molar-refractivity contribution is 7.16. The number of thiazole rings is 1. The van der Waals surface area contributed by atoms with Crippen LogP contribution in [0.25, 0.3) is 6.08 Å². The zero-order valence-electron chi connectivity index (χ0n) is 16.6. The van der Waals surface area contributed by atoms with Gasteiger partial charge >= 0.3 is 0 Å². The van der Waals surface area contributed by atoms with E-state index >= 15 is 0 Å². The van der Waals surface area contributed by atoms with Crippen LogP contribution in [0.3, 0.4) is 0 Å². The summed E-state index contributed by atoms with van der Waals surface area (Å²) in [4.78, 5) is 36.0. The van der Waals surface area contributed by atoms with Crippen molar-refractivity contribution >= 4 is 45.6 Å². The monoisotopic (exact) mass is 449 g/mol. The van der Waals surface area contributed by atoms with Crippen LogP contribution in [0.5, 0.6) is 0 Å². The summed E-state index contributed by atoms with van der Waals surface area (Å²) in [6.45, 7) is 1.04. The molecule has 0 saturated carbocycles. The Balaban J connectivity index is 1.42. The van der Waals surface area contributed by atoms with Crippen molar-refractivity contribution in [1.82, 2.24) is 14.9 Å². The van der Waals surface area contributed by atoms with Gasteiger partial charge in [-0.05, 0) is 29.7 Å². The van der Waals surface area contributed by atoms with E-state index < -0.39 is 0 Å². The molecule has 0 spiro atoms. The molecule has 0 aromatic carbocycles. The average molecular weight is 450 g/mol. The fourth-order valence-electron chi connectivity index (χ4n) is 3.37. The number of hydrogen-bond acceptors (Lipinski definition) is 7. The molecule has 0 radical (unpaired) electrons. The lowest BCUT2D eigenvalue weighted by atomic mass is 10.0. The predicted octanol–water partition coefficient (Wildman–Crippen LogP) is 3.64. The first-order valence-corrected chi connectivity index (χ1v) is 11.4. The number of aromatic nitrogens is 2. The Labute approximate surface area is 187 Å². The van der Waals surface area contributed by atoms with Crippen LogP contribution < -0.4 is 5.32 Å². The summed E-state index contributed by atoms with van der Waals surface area (Å²) in [5.74, 6) is -0.229. The molecule has 0 saturated heterocycles. The molecule has 1 aliphatic rings. The number of thiophene rings is 1. The molecular formula is C22H19N5O2S2. The molecule has 9 heteroatoms. The first-order chi connectivity index (χ1) is 15.1. The van der Waals surface area contributed by atoms with Gasteiger partial charge in [-0.3, -0.25) is 14.6 Å². The number of nitrogens with one attached hydrogen (secondary N) is 1. The minimum atomic E-state index is -0.310. The Bertz CT molecular complexity index is 1150. The van der Waals surface area contributed by atoms with Crippen LogP contribution in [0.2, 0.25) is 0 Å². The van der Waals surface area contributed by atoms with Gasteiger partial charge in [-0.25, -0.2) is 4.98 Å². The van der Waals surface area contributed by atoms with Crippen molar-refractivity contribution < 1.29 is 9.59 Å². The summed E-state index contributed by atoms with van der Waals surface area (Å²) in [6.07, 6.45) is 9.83. The number of pyridine rings is 1. The molecule has 31 heavy (non-hydrogen) atoms. The van der Waals surface area contributed by atoms with E-state index in [0.717, 1.165) is 21.0 Å². The molecule has 7 nitrogen and oxygen atoms in total. The van der Waals surface area contributed by atoms with Gasteiger partial charge in [0.1, 0.15) is 11.1 Å². The Hall–Kier alpha value is -3.35. The standard InChI is InChI=1S/C22H19N5O2S2/c23-12-17-16-7-10-27(21(29)6-5-20-25-9-11-30-20)14-18(16)31-22(17)26-19(28)4-3-15-2-1-8-24-13-15/h1-4,8-9,11,13H,5-7,10,14H2,(H,26,28). The van der Waals surface area contributed by atoms with Crippen LogP contribution >= 0.6 is 22.7 Å². The number of anilines is 1. The van der Waals surface area contributed by atoms with E-state index in [1.807, 2.05) is 16.3 Å². The van der Waals surface area contributed by atoms with Crippen molar-refractivity contribution in [2.24, 2.45) is 0 Å². The number of carbonyl (C=O) groups excluding carboxylic acids is 2. The fraction of sp³-hybridized carbons (Fsp3) is 0.227. The van der Waals surface area contributed by atoms with Gasteiger partial charge < -0.3 is 10.2 Å². The second-order valence-corrected chi connectivity index (χ2v) is 9.00. The van der Waals surface area contributed by atoms with Crippen molar-refractivity contribution in [2.75, 3.05) is 11.9 Å². The van der Waals surface area contributed by atoms with E-state index in [4.69, 9.17) is 0 Å². The van der Waals surface area contributed by atoms with Gasteiger partial charge in [0.05, 0.1) is 17.1 Å². The SMILES string of the molecule is N#Cc1c(NC(=O)C=Cc2cccnc2)sc2c1CCN(C(=O)CCc1nccs1)C2. The number of amides is 2. The van der Waals surface area contributed by atoms with Crippen LogP contribution in [0.4, 0.5) is 5.00 Å². The second kappa shape index (κ2) is 9.64. The van der Waals surface area contributed by atoms with Gasteiger partial charge in [0, 0.05) is 54.3 Å². The van der Waals surface area contributed by atoms with Crippen molar-refractivity contribution in [3.05, 3.63) is 68.8 Å². The third-order valence-electron chi connectivity index (χ3n) is 4.91. The van der Waals surface area contributed by atoms with Gasteiger partial charge in [0.2, 0.25) is 11.8 Å². The first kappa shape index (κ1) is 20.9. The highest BCUT2D eigenvalue weighted by Gasteiger charge is 2.27. The predicted molar refractivity (Wildman–Crippen MR) is 120 cm³/mol. The molecule has 2 amide bonds. The quantitative estimate of drug-likeness (QED) is 0.579. The van der Waals surface area contributed by atoms with E-state index in [2.05, 4.69) is 21.4 Å². The van der Waals surface area contributed by atoms with Gasteiger partial charge in [0.15, 0.2) is 0 Å². The van der Waals surface area contributed by atoms with Crippen molar-refractivity contribution in [3.63, 3.8) is 0 Å². The topological polar surface area (TPSA) is 99.0 Å². The maximum absolute atomic E-state index is 12.6. The summed E-state index contributed by atoms with van der Waals surface area (Å²) < 4.78 is 0. The molecule has 0 bridgehead atoms. The van der Waals surface area contributed by atoms with E-state index in [-0.39, 0.29) is 11.8 Å². The maximum atomic E-state index is 12.6. The summed E-state index contributed by atoms with van der Waals surface area (Å²) in [7, 11) is 0. The van der Waals surface area contributed by atoms with E-state index in [9.17, 15) is 14.9 Å². The highest BCUT2D eigenvalue weighted by Crippen LogP contribution is 2.36. The van der Waals surface area contributed by atoms with Gasteiger partial charge in [-0.1, -0.05) is 6.07 Å². The summed E-state index contributed by atoms with van der Waals surface area (Å²) in [5, 5.41) is 15.9. The number of rotatable bonds is 6. The number of aryl methyl sites for hydroxylation is 1. The lowest BCUT2D eigenvalue weighted by Gasteiger charge is -2.27. The number of nitrogens with zero attached hydrogens (tertiary/aromatic N) is 4. The molecule has 1 aliphatic heterocycles. The van der Waals surface area contributed by atoms with Gasteiger partial charge in [-0.2, -0.15) is 5.26 Å². The minimum absolute atomic E-state index is 0.0812. The third kappa shape index (κ3) is 5.05. The molecule has 1 N–H and O–H groups in total. The molecule has 0 fully saturated rings. The first-order valence-electron chi connectivity index (χ1n) is 9.74. The summed E-state index contributed by atoms with van der Waals surface area (Å²) in [6, 6.07) is 5.86. The van der Waals surface area contributed by atoms with Crippen LogP contribution in [-0.2, 0) is 29.0 Å². The molecule has 0 atom stereocenters. The Morgan fingerprint density at radius 2 is 2.26 bits per heavy atom. The molecule has 3 aromatic rings. The van der Waals surface area contributed by atoms with Gasteiger partial charge in [0.25, 0.3) is 0 Å². The molecule has 0 aliphatic carbocycles. The normalized spacial score (nSPS) is 13.1. The second-order valence-electron chi connectivity index (χ2n) is 6.92. The van der Waals surface area contributed by atoms with Gasteiger partial charge in [-0.15, -0.1) is 22.7 Å². The van der Waals surface area contributed by atoms with Crippen LogP contribution in [0.1, 0.15) is 33.0 Å². The van der Waals surface area contributed by atoms with Crippen LogP contribution in [0.15, 0.2) is 42.2 Å². The molecular weight excluding hydrogens is 430 g/mol. The minimum Gasteiger partial charge on any atom is -0.337 e. The lowest BCUT2D eigenvalue weighted by Crippen LogP contribution is -2.35. The highest BCUT2D eigenvalue weighted by atomic mass is 32.1. The average Bonchev–Trinajstić information content (AvgIpc) is 3.43.